The summed E-state index contributed by atoms with van der Waals surface area (Å²) >= 11 is 0. The van der Waals surface area contributed by atoms with Gasteiger partial charge in [0.25, 0.3) is 0 Å². The molecule has 1 aliphatic rings. The number of carbonyl (C=O) groups excluding carboxylic acids is 1. The first kappa shape index (κ1) is 13.5. The third-order valence-corrected chi connectivity index (χ3v) is 4.23. The van der Waals surface area contributed by atoms with Crippen LogP contribution in [0.2, 0.25) is 0 Å². The summed E-state index contributed by atoms with van der Waals surface area (Å²) in [5.74, 6) is -0.656. The lowest BCUT2D eigenvalue weighted by Gasteiger charge is -2.36. The fraction of sp³-hybridized carbons (Fsp3) is 0.923. The molecule has 1 saturated carbocycles. The Hall–Kier alpha value is -0.570. The van der Waals surface area contributed by atoms with Gasteiger partial charge in [-0.05, 0) is 31.6 Å². The minimum absolute atomic E-state index is 0.0976. The standard InChI is InChI=1S/C13H24O3/c1-5-6-7-10(11(14)16-4)13(3,15)12(2)8-9-12/h10,15H,5-9H2,1-4H3. The van der Waals surface area contributed by atoms with Crippen molar-refractivity contribution in [1.82, 2.24) is 0 Å². The number of aliphatic hydroxyl groups is 1. The highest BCUT2D eigenvalue weighted by Gasteiger charge is 2.57. The Morgan fingerprint density at radius 2 is 2.12 bits per heavy atom. The van der Waals surface area contributed by atoms with E-state index in [4.69, 9.17) is 4.74 Å². The van der Waals surface area contributed by atoms with Crippen molar-refractivity contribution in [2.24, 2.45) is 11.3 Å². The molecule has 0 saturated heterocycles. The van der Waals surface area contributed by atoms with Crippen LogP contribution in [0.15, 0.2) is 0 Å². The summed E-state index contributed by atoms with van der Waals surface area (Å²) in [6, 6.07) is 0. The molecule has 0 amide bonds. The van der Waals surface area contributed by atoms with E-state index in [1.165, 1.54) is 7.11 Å². The van der Waals surface area contributed by atoms with Crippen LogP contribution in [0.25, 0.3) is 0 Å². The topological polar surface area (TPSA) is 46.5 Å². The summed E-state index contributed by atoms with van der Waals surface area (Å²) < 4.78 is 4.82. The van der Waals surface area contributed by atoms with Gasteiger partial charge in [-0.3, -0.25) is 4.79 Å². The first-order valence-corrected chi connectivity index (χ1v) is 6.19. The van der Waals surface area contributed by atoms with Crippen LogP contribution in [0.5, 0.6) is 0 Å². The number of unbranched alkanes of at least 4 members (excludes halogenated alkanes) is 1. The lowest BCUT2D eigenvalue weighted by Crippen LogP contribution is -2.46. The molecule has 0 aromatic rings. The zero-order valence-electron chi connectivity index (χ0n) is 10.9. The molecule has 94 valence electrons. The van der Waals surface area contributed by atoms with Gasteiger partial charge in [-0.1, -0.05) is 26.7 Å². The molecule has 0 aromatic heterocycles. The van der Waals surface area contributed by atoms with Gasteiger partial charge in [0.1, 0.15) is 0 Å². The van der Waals surface area contributed by atoms with E-state index in [9.17, 15) is 9.90 Å². The summed E-state index contributed by atoms with van der Waals surface area (Å²) in [6.45, 7) is 5.92. The fourth-order valence-electron chi connectivity index (χ4n) is 2.29. The van der Waals surface area contributed by atoms with Crippen molar-refractivity contribution < 1.29 is 14.6 Å². The molecule has 16 heavy (non-hydrogen) atoms. The zero-order chi connectivity index (χ0) is 12.4. The molecule has 1 fully saturated rings. The average molecular weight is 228 g/mol. The number of hydrogen-bond donors (Lipinski definition) is 1. The molecule has 2 atom stereocenters. The first-order chi connectivity index (χ1) is 7.39. The van der Waals surface area contributed by atoms with Crippen LogP contribution >= 0.6 is 0 Å². The van der Waals surface area contributed by atoms with Crippen LogP contribution in [0.4, 0.5) is 0 Å². The summed E-state index contributed by atoms with van der Waals surface area (Å²) in [6.07, 6.45) is 4.69. The first-order valence-electron chi connectivity index (χ1n) is 6.19. The molecular formula is C13H24O3. The molecule has 2 unspecified atom stereocenters. The van der Waals surface area contributed by atoms with Crippen LogP contribution < -0.4 is 0 Å². The summed E-state index contributed by atoms with van der Waals surface area (Å²) in [5, 5.41) is 10.6. The van der Waals surface area contributed by atoms with Crippen molar-refractivity contribution in [2.75, 3.05) is 7.11 Å². The zero-order valence-corrected chi connectivity index (χ0v) is 10.9. The Morgan fingerprint density at radius 3 is 2.50 bits per heavy atom. The maximum atomic E-state index is 11.8. The number of ether oxygens (including phenoxy) is 1. The van der Waals surface area contributed by atoms with Gasteiger partial charge >= 0.3 is 5.97 Å². The predicted molar refractivity (Wildman–Crippen MR) is 63.0 cm³/mol. The molecule has 0 aliphatic heterocycles. The van der Waals surface area contributed by atoms with E-state index in [2.05, 4.69) is 13.8 Å². The third-order valence-electron chi connectivity index (χ3n) is 4.23. The molecule has 0 radical (unpaired) electrons. The molecule has 1 N–H and O–H groups in total. The summed E-state index contributed by atoms with van der Waals surface area (Å²) in [5.41, 5.74) is -1.03. The molecular weight excluding hydrogens is 204 g/mol. The minimum Gasteiger partial charge on any atom is -0.469 e. The van der Waals surface area contributed by atoms with E-state index in [1.807, 2.05) is 0 Å². The van der Waals surface area contributed by atoms with Crippen LogP contribution in [-0.2, 0) is 9.53 Å². The second-order valence-electron chi connectivity index (χ2n) is 5.43. The van der Waals surface area contributed by atoms with E-state index in [0.29, 0.717) is 6.42 Å². The van der Waals surface area contributed by atoms with Gasteiger partial charge in [-0.2, -0.15) is 0 Å². The maximum absolute atomic E-state index is 11.8. The summed E-state index contributed by atoms with van der Waals surface area (Å²) in [7, 11) is 1.40. The van der Waals surface area contributed by atoms with Gasteiger partial charge in [0, 0.05) is 0 Å². The minimum atomic E-state index is -0.935. The number of esters is 1. The van der Waals surface area contributed by atoms with Gasteiger partial charge in [0.05, 0.1) is 18.6 Å². The number of carbonyl (C=O) groups is 1. The van der Waals surface area contributed by atoms with Gasteiger partial charge in [-0.15, -0.1) is 0 Å². The lowest BCUT2D eigenvalue weighted by molar-refractivity contribution is -0.161. The molecule has 0 heterocycles. The molecule has 1 aliphatic carbocycles. The van der Waals surface area contributed by atoms with Crippen molar-refractivity contribution in [3.05, 3.63) is 0 Å². The van der Waals surface area contributed by atoms with Gasteiger partial charge < -0.3 is 9.84 Å². The van der Waals surface area contributed by atoms with Crippen LogP contribution in [0.3, 0.4) is 0 Å². The molecule has 0 aromatic carbocycles. The number of methoxy groups -OCH3 is 1. The normalized spacial score (nSPS) is 23.3. The van der Waals surface area contributed by atoms with Crippen molar-refractivity contribution in [3.8, 4) is 0 Å². The maximum Gasteiger partial charge on any atom is 0.311 e. The third kappa shape index (κ3) is 2.40. The van der Waals surface area contributed by atoms with Gasteiger partial charge in [0.15, 0.2) is 0 Å². The number of rotatable bonds is 6. The van der Waals surface area contributed by atoms with Crippen LogP contribution in [-0.4, -0.2) is 23.8 Å². The van der Waals surface area contributed by atoms with E-state index in [0.717, 1.165) is 25.7 Å². The Balaban J connectivity index is 2.78. The van der Waals surface area contributed by atoms with Crippen molar-refractivity contribution in [2.45, 2.75) is 58.5 Å². The lowest BCUT2D eigenvalue weighted by atomic mass is 9.74. The van der Waals surface area contributed by atoms with Crippen LogP contribution in [0, 0.1) is 11.3 Å². The Bertz CT molecular complexity index is 254. The molecule has 3 nitrogen and oxygen atoms in total. The monoisotopic (exact) mass is 228 g/mol. The van der Waals surface area contributed by atoms with E-state index in [1.54, 1.807) is 6.92 Å². The molecule has 3 heteroatoms. The van der Waals surface area contributed by atoms with Crippen molar-refractivity contribution in [3.63, 3.8) is 0 Å². The highest BCUT2D eigenvalue weighted by atomic mass is 16.5. The van der Waals surface area contributed by atoms with E-state index in [-0.39, 0.29) is 17.3 Å². The Kier molecular flexibility index (Phi) is 4.00. The Morgan fingerprint density at radius 1 is 1.56 bits per heavy atom. The molecule has 0 spiro atoms. The Labute approximate surface area is 98.2 Å². The molecule has 1 rings (SSSR count). The largest absolute Gasteiger partial charge is 0.469 e. The van der Waals surface area contributed by atoms with E-state index >= 15 is 0 Å². The van der Waals surface area contributed by atoms with Crippen molar-refractivity contribution in [1.29, 1.82) is 0 Å². The second kappa shape index (κ2) is 4.74. The highest BCUT2D eigenvalue weighted by Crippen LogP contribution is 2.57. The van der Waals surface area contributed by atoms with Gasteiger partial charge in [-0.25, -0.2) is 0 Å². The quantitative estimate of drug-likeness (QED) is 0.711. The second-order valence-corrected chi connectivity index (χ2v) is 5.43. The predicted octanol–water partition coefficient (Wildman–Crippen LogP) is 2.52. The SMILES string of the molecule is CCCCC(C(=O)OC)C(C)(O)C1(C)CC1. The molecule has 0 bridgehead atoms. The number of hydrogen-bond acceptors (Lipinski definition) is 3. The van der Waals surface area contributed by atoms with E-state index < -0.39 is 5.60 Å². The van der Waals surface area contributed by atoms with Gasteiger partial charge in [0.2, 0.25) is 0 Å². The fourth-order valence-corrected chi connectivity index (χ4v) is 2.29. The highest BCUT2D eigenvalue weighted by molar-refractivity contribution is 5.74. The summed E-state index contributed by atoms with van der Waals surface area (Å²) in [4.78, 5) is 11.8. The average Bonchev–Trinajstić information content (AvgIpc) is 2.98. The smallest absolute Gasteiger partial charge is 0.311 e. The van der Waals surface area contributed by atoms with Crippen LogP contribution in [0.1, 0.15) is 52.9 Å². The van der Waals surface area contributed by atoms with Crippen molar-refractivity contribution >= 4 is 5.97 Å².